The summed E-state index contributed by atoms with van der Waals surface area (Å²) in [6, 6.07) is 6.15. The topological polar surface area (TPSA) is 23.5 Å². The van der Waals surface area contributed by atoms with E-state index in [4.69, 9.17) is 0 Å². The van der Waals surface area contributed by atoms with Gasteiger partial charge >= 0.3 is 0 Å². The summed E-state index contributed by atoms with van der Waals surface area (Å²) in [5.41, 5.74) is 2.18. The van der Waals surface area contributed by atoms with Crippen LogP contribution in [-0.4, -0.2) is 18.7 Å². The first-order chi connectivity index (χ1) is 9.08. The van der Waals surface area contributed by atoms with Gasteiger partial charge in [-0.05, 0) is 59.3 Å². The second-order valence-electron chi connectivity index (χ2n) is 5.77. The van der Waals surface area contributed by atoms with E-state index < -0.39 is 6.10 Å². The van der Waals surface area contributed by atoms with Gasteiger partial charge in [0.25, 0.3) is 0 Å². The van der Waals surface area contributed by atoms with Gasteiger partial charge in [-0.3, -0.25) is 0 Å². The van der Waals surface area contributed by atoms with Crippen molar-refractivity contribution in [3.8, 4) is 0 Å². The highest BCUT2D eigenvalue weighted by Crippen LogP contribution is 2.31. The zero-order chi connectivity index (χ0) is 13.8. The Bertz CT molecular complexity index is 413. The molecule has 0 heterocycles. The molecule has 0 bridgehead atoms. The summed E-state index contributed by atoms with van der Waals surface area (Å²) in [5.74, 6) is 0.835. The number of benzene rings is 1. The predicted octanol–water partition coefficient (Wildman–Crippen LogP) is 4.52. The summed E-state index contributed by atoms with van der Waals surface area (Å²) in [6.45, 7) is 2.93. The van der Waals surface area contributed by atoms with Gasteiger partial charge in [-0.25, -0.2) is 0 Å². The molecule has 1 aromatic rings. The van der Waals surface area contributed by atoms with Gasteiger partial charge in [-0.2, -0.15) is 0 Å². The third-order valence-electron chi connectivity index (χ3n) is 4.12. The van der Waals surface area contributed by atoms with E-state index in [1.54, 1.807) is 6.92 Å². The lowest BCUT2D eigenvalue weighted by Crippen LogP contribution is -2.27. The molecule has 0 radical (unpaired) electrons. The molecule has 0 amide bonds. The first-order valence-corrected chi connectivity index (χ1v) is 8.06. The fraction of sp³-hybridized carbons (Fsp3) is 0.625. The average molecular weight is 326 g/mol. The third-order valence-corrected chi connectivity index (χ3v) is 4.76. The van der Waals surface area contributed by atoms with E-state index in [9.17, 15) is 5.11 Å². The Morgan fingerprint density at radius 3 is 2.58 bits per heavy atom. The van der Waals surface area contributed by atoms with Crippen LogP contribution in [0.5, 0.6) is 0 Å². The molecule has 0 aliphatic heterocycles. The molecule has 19 heavy (non-hydrogen) atoms. The molecule has 1 atom stereocenters. The Kier molecular flexibility index (Phi) is 5.28. The minimum absolute atomic E-state index is 0.408. The van der Waals surface area contributed by atoms with Crippen molar-refractivity contribution in [2.24, 2.45) is 5.92 Å². The lowest BCUT2D eigenvalue weighted by atomic mass is 9.89. The Labute approximate surface area is 124 Å². The fourth-order valence-electron chi connectivity index (χ4n) is 2.95. The number of aliphatic hydroxyl groups is 1. The Hall–Kier alpha value is -0.540. The highest BCUT2D eigenvalue weighted by molar-refractivity contribution is 9.10. The highest BCUT2D eigenvalue weighted by atomic mass is 79.9. The highest BCUT2D eigenvalue weighted by Gasteiger charge is 2.17. The second kappa shape index (κ2) is 6.76. The van der Waals surface area contributed by atoms with Gasteiger partial charge in [0.05, 0.1) is 11.8 Å². The van der Waals surface area contributed by atoms with E-state index in [1.165, 1.54) is 37.8 Å². The van der Waals surface area contributed by atoms with Gasteiger partial charge in [0.1, 0.15) is 0 Å². The molecule has 1 fully saturated rings. The molecule has 1 saturated carbocycles. The number of anilines is 1. The number of aliphatic hydroxyl groups excluding tert-OH is 1. The lowest BCUT2D eigenvalue weighted by molar-refractivity contribution is 0.199. The summed E-state index contributed by atoms with van der Waals surface area (Å²) in [4.78, 5) is 2.34. The van der Waals surface area contributed by atoms with Gasteiger partial charge in [0.15, 0.2) is 0 Å². The lowest BCUT2D eigenvalue weighted by Gasteiger charge is -2.29. The first kappa shape index (κ1) is 14.9. The van der Waals surface area contributed by atoms with Crippen molar-refractivity contribution in [3.63, 3.8) is 0 Å². The van der Waals surface area contributed by atoms with E-state index in [0.29, 0.717) is 0 Å². The van der Waals surface area contributed by atoms with Crippen molar-refractivity contribution >= 4 is 21.6 Å². The van der Waals surface area contributed by atoms with Gasteiger partial charge < -0.3 is 10.0 Å². The van der Waals surface area contributed by atoms with Crippen molar-refractivity contribution < 1.29 is 5.11 Å². The molecular formula is C16H24BrNO. The maximum atomic E-state index is 9.60. The normalized spacial score (nSPS) is 18.3. The number of halogens is 1. The van der Waals surface area contributed by atoms with Crippen molar-refractivity contribution in [1.82, 2.24) is 0 Å². The van der Waals surface area contributed by atoms with Crippen LogP contribution in [0, 0.1) is 5.92 Å². The fourth-order valence-corrected chi connectivity index (χ4v) is 3.65. The van der Waals surface area contributed by atoms with E-state index in [2.05, 4.69) is 33.9 Å². The van der Waals surface area contributed by atoms with Crippen molar-refractivity contribution in [2.75, 3.05) is 18.5 Å². The van der Waals surface area contributed by atoms with Gasteiger partial charge in [0.2, 0.25) is 0 Å². The molecular weight excluding hydrogens is 302 g/mol. The number of nitrogens with zero attached hydrogens (tertiary/aromatic N) is 1. The Morgan fingerprint density at radius 2 is 2.00 bits per heavy atom. The smallest absolute Gasteiger partial charge is 0.0762 e. The summed E-state index contributed by atoms with van der Waals surface area (Å²) in [5, 5.41) is 9.60. The van der Waals surface area contributed by atoms with Gasteiger partial charge in [-0.15, -0.1) is 0 Å². The molecule has 106 valence electrons. The summed E-state index contributed by atoms with van der Waals surface area (Å²) >= 11 is 3.63. The minimum Gasteiger partial charge on any atom is -0.389 e. The van der Waals surface area contributed by atoms with Crippen molar-refractivity contribution in [2.45, 2.75) is 45.1 Å². The third kappa shape index (κ3) is 3.96. The molecule has 1 N–H and O–H groups in total. The SMILES string of the molecule is C[C@@H](O)c1ccc(N(C)CC2CCCCC2)c(Br)c1. The Balaban J connectivity index is 2.03. The molecule has 0 saturated heterocycles. The van der Waals surface area contributed by atoms with Gasteiger partial charge in [-0.1, -0.05) is 25.3 Å². The van der Waals surface area contributed by atoms with Crippen molar-refractivity contribution in [1.29, 1.82) is 0 Å². The van der Waals surface area contributed by atoms with E-state index in [0.717, 1.165) is 22.5 Å². The summed E-state index contributed by atoms with van der Waals surface area (Å²) < 4.78 is 1.07. The molecule has 2 nitrogen and oxygen atoms in total. The van der Waals surface area contributed by atoms with E-state index in [-0.39, 0.29) is 0 Å². The van der Waals surface area contributed by atoms with Crippen LogP contribution < -0.4 is 4.90 Å². The second-order valence-corrected chi connectivity index (χ2v) is 6.63. The summed E-state index contributed by atoms with van der Waals surface area (Å²) in [6.07, 6.45) is 6.52. The van der Waals surface area contributed by atoms with Crippen LogP contribution in [0.2, 0.25) is 0 Å². The van der Waals surface area contributed by atoms with Crippen LogP contribution >= 0.6 is 15.9 Å². The zero-order valence-corrected chi connectivity index (χ0v) is 13.5. The monoisotopic (exact) mass is 325 g/mol. The molecule has 0 aromatic heterocycles. The van der Waals surface area contributed by atoms with Crippen LogP contribution in [0.1, 0.15) is 50.7 Å². The molecule has 1 aliphatic rings. The first-order valence-electron chi connectivity index (χ1n) is 7.26. The molecule has 2 rings (SSSR count). The quantitative estimate of drug-likeness (QED) is 0.879. The molecule has 1 aromatic carbocycles. The maximum absolute atomic E-state index is 9.60. The van der Waals surface area contributed by atoms with E-state index in [1.807, 2.05) is 12.1 Å². The molecule has 3 heteroatoms. The maximum Gasteiger partial charge on any atom is 0.0762 e. The minimum atomic E-state index is -0.408. The molecule has 0 unspecified atom stereocenters. The van der Waals surface area contributed by atoms with Crippen LogP contribution in [-0.2, 0) is 0 Å². The number of hydrogen-bond donors (Lipinski definition) is 1. The number of hydrogen-bond acceptors (Lipinski definition) is 2. The van der Waals surface area contributed by atoms with Crippen LogP contribution in [0.4, 0.5) is 5.69 Å². The average Bonchev–Trinajstić information content (AvgIpc) is 2.39. The van der Waals surface area contributed by atoms with Crippen LogP contribution in [0.3, 0.4) is 0 Å². The van der Waals surface area contributed by atoms with Gasteiger partial charge in [0, 0.05) is 18.1 Å². The standard InChI is InChI=1S/C16H24BrNO/c1-12(19)14-8-9-16(15(17)10-14)18(2)11-13-6-4-3-5-7-13/h8-10,12-13,19H,3-7,11H2,1-2H3/t12-/m1/s1. The van der Waals surface area contributed by atoms with Crippen LogP contribution in [0.25, 0.3) is 0 Å². The van der Waals surface area contributed by atoms with E-state index >= 15 is 0 Å². The molecule has 0 spiro atoms. The largest absolute Gasteiger partial charge is 0.389 e. The summed E-state index contributed by atoms with van der Waals surface area (Å²) in [7, 11) is 2.16. The Morgan fingerprint density at radius 1 is 1.32 bits per heavy atom. The molecule has 1 aliphatic carbocycles. The predicted molar refractivity (Wildman–Crippen MR) is 84.6 cm³/mol. The zero-order valence-electron chi connectivity index (χ0n) is 11.9. The van der Waals surface area contributed by atoms with Crippen LogP contribution in [0.15, 0.2) is 22.7 Å². The van der Waals surface area contributed by atoms with Crippen molar-refractivity contribution in [3.05, 3.63) is 28.2 Å². The number of rotatable bonds is 4.